The molecule has 2 aliphatic carbocycles. The maximum atomic E-state index is 11.1. The first-order valence-corrected chi connectivity index (χ1v) is 6.40. The molecule has 0 saturated carbocycles. The van der Waals surface area contributed by atoms with Crippen molar-refractivity contribution < 1.29 is 4.79 Å². The quantitative estimate of drug-likeness (QED) is 0.731. The fourth-order valence-corrected chi connectivity index (χ4v) is 2.29. The summed E-state index contributed by atoms with van der Waals surface area (Å²) in [4.78, 5) is 11.1. The zero-order valence-electron chi connectivity index (χ0n) is 10.5. The molecule has 0 amide bonds. The van der Waals surface area contributed by atoms with Crippen molar-refractivity contribution in [1.29, 1.82) is 0 Å². The van der Waals surface area contributed by atoms with Gasteiger partial charge < -0.3 is 0 Å². The van der Waals surface area contributed by atoms with Crippen molar-refractivity contribution >= 4 is 11.4 Å². The van der Waals surface area contributed by atoms with Gasteiger partial charge in [-0.05, 0) is 40.9 Å². The predicted molar refractivity (Wildman–Crippen MR) is 78.5 cm³/mol. The highest BCUT2D eigenvalue weighted by atomic mass is 16.1. The third-order valence-corrected chi connectivity index (χ3v) is 3.30. The molecule has 92 valence electrons. The highest BCUT2D eigenvalue weighted by Gasteiger charge is 2.08. The van der Waals surface area contributed by atoms with E-state index in [4.69, 9.17) is 0 Å². The molecule has 0 heterocycles. The van der Waals surface area contributed by atoms with Crippen molar-refractivity contribution in [3.05, 3.63) is 89.6 Å². The summed E-state index contributed by atoms with van der Waals surface area (Å²) in [7, 11) is 0. The van der Waals surface area contributed by atoms with Gasteiger partial charge in [-0.1, -0.05) is 60.7 Å². The van der Waals surface area contributed by atoms with Crippen molar-refractivity contribution in [3.8, 4) is 0 Å². The van der Waals surface area contributed by atoms with Gasteiger partial charge in [0.15, 0.2) is 5.78 Å². The number of hydrogen-bond acceptors (Lipinski definition) is 1. The summed E-state index contributed by atoms with van der Waals surface area (Å²) in [6.45, 7) is 0. The largest absolute Gasteiger partial charge is 0.290 e. The maximum absolute atomic E-state index is 11.1. The average Bonchev–Trinajstić information content (AvgIpc) is 2.49. The minimum absolute atomic E-state index is 0.0522. The lowest BCUT2D eigenvalue weighted by Gasteiger charge is -2.13. The molecule has 3 rings (SSSR count). The molecule has 0 aliphatic heterocycles. The average molecular weight is 246 g/mol. The smallest absolute Gasteiger partial charge is 0.178 e. The summed E-state index contributed by atoms with van der Waals surface area (Å²) in [5, 5.41) is 0. The molecule has 0 spiro atoms. The number of ketones is 1. The van der Waals surface area contributed by atoms with Crippen LogP contribution in [0.25, 0.3) is 5.57 Å². The summed E-state index contributed by atoms with van der Waals surface area (Å²) in [6.07, 6.45) is 14.4. The van der Waals surface area contributed by atoms with Gasteiger partial charge in [0.25, 0.3) is 0 Å². The molecular weight excluding hydrogens is 232 g/mol. The Kier molecular flexibility index (Phi) is 3.11. The molecule has 0 fully saturated rings. The third-order valence-electron chi connectivity index (χ3n) is 3.30. The summed E-state index contributed by atoms with van der Waals surface area (Å²) in [6, 6.07) is 10.4. The molecule has 1 heteroatoms. The van der Waals surface area contributed by atoms with Crippen molar-refractivity contribution in [2.24, 2.45) is 0 Å². The third kappa shape index (κ3) is 2.55. The molecule has 1 aromatic rings. The van der Waals surface area contributed by atoms with Crippen LogP contribution in [0.2, 0.25) is 0 Å². The topological polar surface area (TPSA) is 17.1 Å². The van der Waals surface area contributed by atoms with Crippen molar-refractivity contribution in [2.45, 2.75) is 6.42 Å². The molecule has 0 unspecified atom stereocenters. The maximum Gasteiger partial charge on any atom is 0.178 e. The van der Waals surface area contributed by atoms with Crippen LogP contribution in [0.15, 0.2) is 84.0 Å². The Morgan fingerprint density at radius 1 is 0.789 bits per heavy atom. The Hall–Kier alpha value is -2.41. The summed E-state index contributed by atoms with van der Waals surface area (Å²) in [5.41, 5.74) is 4.81. The molecule has 1 aromatic carbocycles. The van der Waals surface area contributed by atoms with E-state index in [9.17, 15) is 4.79 Å². The van der Waals surface area contributed by atoms with E-state index in [1.54, 1.807) is 12.2 Å². The van der Waals surface area contributed by atoms with Gasteiger partial charge in [-0.25, -0.2) is 0 Å². The second-order valence-corrected chi connectivity index (χ2v) is 4.62. The van der Waals surface area contributed by atoms with E-state index in [1.165, 1.54) is 11.1 Å². The van der Waals surface area contributed by atoms with E-state index in [2.05, 4.69) is 42.5 Å². The lowest BCUT2D eigenvalue weighted by molar-refractivity contribution is -0.110. The lowest BCUT2D eigenvalue weighted by Crippen LogP contribution is -1.96. The number of carbonyl (C=O) groups is 1. The Bertz CT molecular complexity index is 634. The fourth-order valence-electron chi connectivity index (χ4n) is 2.29. The minimum atomic E-state index is 0.0522. The number of carbonyl (C=O) groups excluding carboxylic acids is 1. The van der Waals surface area contributed by atoms with Gasteiger partial charge in [0.1, 0.15) is 0 Å². The summed E-state index contributed by atoms with van der Waals surface area (Å²) < 4.78 is 0. The first-order chi connectivity index (χ1) is 9.33. The summed E-state index contributed by atoms with van der Waals surface area (Å²) in [5.74, 6) is 0.0522. The zero-order chi connectivity index (χ0) is 13.1. The van der Waals surface area contributed by atoms with Gasteiger partial charge in [-0.2, -0.15) is 0 Å². The second kappa shape index (κ2) is 5.07. The van der Waals surface area contributed by atoms with Gasteiger partial charge in [-0.15, -0.1) is 0 Å². The highest BCUT2D eigenvalue weighted by Crippen LogP contribution is 2.27. The SMILES string of the molecule is O=C1C=CC(=C2C=CCC(c3ccccc3)=C2)C=C1. The Balaban J connectivity index is 1.99. The molecule has 19 heavy (non-hydrogen) atoms. The van der Waals surface area contributed by atoms with Gasteiger partial charge >= 0.3 is 0 Å². The van der Waals surface area contributed by atoms with Crippen LogP contribution in [0.1, 0.15) is 12.0 Å². The first-order valence-electron chi connectivity index (χ1n) is 6.40. The molecule has 0 N–H and O–H groups in total. The van der Waals surface area contributed by atoms with E-state index in [1.807, 2.05) is 18.2 Å². The van der Waals surface area contributed by atoms with Gasteiger partial charge in [-0.3, -0.25) is 4.79 Å². The molecule has 2 aliphatic rings. The van der Waals surface area contributed by atoms with E-state index in [-0.39, 0.29) is 5.78 Å². The molecule has 0 atom stereocenters. The first kappa shape index (κ1) is 11.7. The normalized spacial score (nSPS) is 17.9. The zero-order valence-corrected chi connectivity index (χ0v) is 10.5. The van der Waals surface area contributed by atoms with Gasteiger partial charge in [0.2, 0.25) is 0 Å². The Morgan fingerprint density at radius 2 is 1.53 bits per heavy atom. The Morgan fingerprint density at radius 3 is 2.26 bits per heavy atom. The Labute approximate surface area is 113 Å². The summed E-state index contributed by atoms with van der Waals surface area (Å²) >= 11 is 0. The molecule has 0 radical (unpaired) electrons. The van der Waals surface area contributed by atoms with Gasteiger partial charge in [0.05, 0.1) is 0 Å². The van der Waals surface area contributed by atoms with Crippen LogP contribution < -0.4 is 0 Å². The molecule has 0 bridgehead atoms. The molecule has 0 aromatic heterocycles. The standard InChI is InChI=1S/C18H14O/c19-18-11-9-15(10-12-18)17-8-4-7-16(13-17)14-5-2-1-3-6-14/h1-6,8-13H,7H2. The van der Waals surface area contributed by atoms with E-state index in [0.717, 1.165) is 17.6 Å². The van der Waals surface area contributed by atoms with Crippen LogP contribution in [0.3, 0.4) is 0 Å². The second-order valence-electron chi connectivity index (χ2n) is 4.62. The van der Waals surface area contributed by atoms with Crippen LogP contribution in [-0.4, -0.2) is 5.78 Å². The monoisotopic (exact) mass is 246 g/mol. The minimum Gasteiger partial charge on any atom is -0.290 e. The molecule has 0 saturated heterocycles. The van der Waals surface area contributed by atoms with Crippen LogP contribution in [0.4, 0.5) is 0 Å². The van der Waals surface area contributed by atoms with Crippen LogP contribution in [0, 0.1) is 0 Å². The van der Waals surface area contributed by atoms with Crippen LogP contribution in [0.5, 0.6) is 0 Å². The van der Waals surface area contributed by atoms with Crippen LogP contribution in [-0.2, 0) is 4.79 Å². The van der Waals surface area contributed by atoms with E-state index in [0.29, 0.717) is 0 Å². The number of rotatable bonds is 1. The number of hydrogen-bond donors (Lipinski definition) is 0. The number of allylic oxidation sites excluding steroid dienone is 10. The van der Waals surface area contributed by atoms with Crippen molar-refractivity contribution in [3.63, 3.8) is 0 Å². The molecular formula is C18H14O. The highest BCUT2D eigenvalue weighted by molar-refractivity contribution is 6.01. The van der Waals surface area contributed by atoms with Crippen LogP contribution >= 0.6 is 0 Å². The number of benzene rings is 1. The van der Waals surface area contributed by atoms with Crippen molar-refractivity contribution in [1.82, 2.24) is 0 Å². The van der Waals surface area contributed by atoms with E-state index >= 15 is 0 Å². The lowest BCUT2D eigenvalue weighted by atomic mass is 9.92. The van der Waals surface area contributed by atoms with Crippen molar-refractivity contribution in [2.75, 3.05) is 0 Å². The van der Waals surface area contributed by atoms with Gasteiger partial charge in [0, 0.05) is 0 Å². The predicted octanol–water partition coefficient (Wildman–Crippen LogP) is 4.02. The fraction of sp³-hybridized carbons (Fsp3) is 0.0556. The molecule has 1 nitrogen and oxygen atoms in total. The van der Waals surface area contributed by atoms with E-state index < -0.39 is 0 Å².